The number of alkyl halides is 1. The topological polar surface area (TPSA) is 38.3 Å². The van der Waals surface area contributed by atoms with Crippen LogP contribution in [0.25, 0.3) is 0 Å². The molecule has 0 aliphatic heterocycles. The monoisotopic (exact) mass is 291 g/mol. The van der Waals surface area contributed by atoms with Crippen molar-refractivity contribution in [2.45, 2.75) is 58.1 Å². The number of carbonyl (C=O) groups is 1. The molecule has 4 heteroatoms. The highest BCUT2D eigenvalue weighted by atomic mass is 79.9. The Morgan fingerprint density at radius 1 is 1.44 bits per heavy atom. The molecule has 0 aromatic rings. The van der Waals surface area contributed by atoms with Crippen LogP contribution in [0.3, 0.4) is 0 Å². The van der Waals surface area contributed by atoms with E-state index in [2.05, 4.69) is 21.2 Å². The molecule has 0 bridgehead atoms. The van der Waals surface area contributed by atoms with E-state index in [9.17, 15) is 4.79 Å². The van der Waals surface area contributed by atoms with Gasteiger partial charge in [-0.2, -0.15) is 0 Å². The van der Waals surface area contributed by atoms with Crippen LogP contribution in [-0.2, 0) is 4.74 Å². The first-order valence-corrected chi connectivity index (χ1v) is 7.10. The average molecular weight is 292 g/mol. The van der Waals surface area contributed by atoms with Gasteiger partial charge in [0.1, 0.15) is 5.60 Å². The van der Waals surface area contributed by atoms with Crippen LogP contribution in [0.5, 0.6) is 0 Å². The summed E-state index contributed by atoms with van der Waals surface area (Å²) in [7, 11) is 0. The van der Waals surface area contributed by atoms with Gasteiger partial charge in [-0.05, 0) is 39.5 Å². The van der Waals surface area contributed by atoms with E-state index < -0.39 is 5.60 Å². The van der Waals surface area contributed by atoms with Crippen molar-refractivity contribution >= 4 is 22.0 Å². The lowest BCUT2D eigenvalue weighted by molar-refractivity contribution is 0.0494. The molecule has 0 aromatic carbocycles. The standard InChI is InChI=1S/C12H22BrNO2/c1-12(2,3)16-11(15)14-10(8-13)9-6-4-5-7-9/h9-10H,4-8H2,1-3H3,(H,14,15). The Morgan fingerprint density at radius 3 is 2.44 bits per heavy atom. The van der Waals surface area contributed by atoms with Gasteiger partial charge >= 0.3 is 6.09 Å². The van der Waals surface area contributed by atoms with Crippen LogP contribution in [0.2, 0.25) is 0 Å². The smallest absolute Gasteiger partial charge is 0.407 e. The largest absolute Gasteiger partial charge is 0.444 e. The maximum Gasteiger partial charge on any atom is 0.407 e. The zero-order chi connectivity index (χ0) is 12.2. The number of alkyl carbamates (subject to hydrolysis) is 1. The molecule has 1 amide bonds. The maximum absolute atomic E-state index is 11.6. The minimum atomic E-state index is -0.420. The average Bonchev–Trinajstić information content (AvgIpc) is 2.63. The molecule has 0 aromatic heterocycles. The van der Waals surface area contributed by atoms with Crippen molar-refractivity contribution in [2.75, 3.05) is 5.33 Å². The predicted octanol–water partition coefficient (Wildman–Crippen LogP) is 3.46. The normalized spacial score (nSPS) is 19.5. The molecule has 0 radical (unpaired) electrons. The molecule has 1 atom stereocenters. The Balaban J connectivity index is 2.40. The third kappa shape index (κ3) is 4.73. The highest BCUT2D eigenvalue weighted by Gasteiger charge is 2.27. The molecule has 1 saturated carbocycles. The Bertz CT molecular complexity index is 232. The van der Waals surface area contributed by atoms with Crippen LogP contribution < -0.4 is 5.32 Å². The van der Waals surface area contributed by atoms with Crippen molar-refractivity contribution in [3.63, 3.8) is 0 Å². The van der Waals surface area contributed by atoms with Gasteiger partial charge in [0.15, 0.2) is 0 Å². The van der Waals surface area contributed by atoms with Crippen LogP contribution in [-0.4, -0.2) is 23.1 Å². The zero-order valence-corrected chi connectivity index (χ0v) is 12.0. The molecule has 1 aliphatic rings. The van der Waals surface area contributed by atoms with E-state index in [1.54, 1.807) is 0 Å². The summed E-state index contributed by atoms with van der Waals surface area (Å²) >= 11 is 3.46. The van der Waals surface area contributed by atoms with Crippen LogP contribution in [0.1, 0.15) is 46.5 Å². The molecule has 1 rings (SSSR count). The second-order valence-electron chi connectivity index (χ2n) is 5.45. The summed E-state index contributed by atoms with van der Waals surface area (Å²) in [6, 6.07) is 0.206. The van der Waals surface area contributed by atoms with Gasteiger partial charge < -0.3 is 10.1 Å². The van der Waals surface area contributed by atoms with Crippen molar-refractivity contribution < 1.29 is 9.53 Å². The number of hydrogen-bond donors (Lipinski definition) is 1. The van der Waals surface area contributed by atoms with E-state index >= 15 is 0 Å². The Labute approximate surface area is 106 Å². The van der Waals surface area contributed by atoms with Gasteiger partial charge in [0.25, 0.3) is 0 Å². The molecule has 16 heavy (non-hydrogen) atoms. The number of amides is 1. The number of ether oxygens (including phenoxy) is 1. The van der Waals surface area contributed by atoms with E-state index in [1.165, 1.54) is 25.7 Å². The zero-order valence-electron chi connectivity index (χ0n) is 10.4. The van der Waals surface area contributed by atoms with E-state index in [4.69, 9.17) is 4.74 Å². The summed E-state index contributed by atoms with van der Waals surface area (Å²) in [5, 5.41) is 3.76. The van der Waals surface area contributed by atoms with Gasteiger partial charge in [-0.3, -0.25) is 0 Å². The molecule has 0 saturated heterocycles. The van der Waals surface area contributed by atoms with Gasteiger partial charge in [-0.25, -0.2) is 4.79 Å². The Hall–Kier alpha value is -0.250. The molecule has 1 unspecified atom stereocenters. The quantitative estimate of drug-likeness (QED) is 0.809. The first kappa shape index (κ1) is 13.8. The molecule has 0 spiro atoms. The van der Waals surface area contributed by atoms with E-state index in [0.29, 0.717) is 5.92 Å². The van der Waals surface area contributed by atoms with Gasteiger partial charge in [-0.1, -0.05) is 28.8 Å². The predicted molar refractivity (Wildman–Crippen MR) is 68.9 cm³/mol. The summed E-state index contributed by atoms with van der Waals surface area (Å²) in [6.45, 7) is 5.64. The first-order chi connectivity index (χ1) is 7.42. The van der Waals surface area contributed by atoms with Crippen molar-refractivity contribution in [2.24, 2.45) is 5.92 Å². The fraction of sp³-hybridized carbons (Fsp3) is 0.917. The Morgan fingerprint density at radius 2 is 2.00 bits per heavy atom. The molecule has 1 N–H and O–H groups in total. The van der Waals surface area contributed by atoms with Gasteiger partial charge in [0.2, 0.25) is 0 Å². The molecule has 3 nitrogen and oxygen atoms in total. The Kier molecular flexibility index (Phi) is 5.09. The van der Waals surface area contributed by atoms with Gasteiger partial charge in [0.05, 0.1) is 0 Å². The first-order valence-electron chi connectivity index (χ1n) is 5.98. The van der Waals surface area contributed by atoms with Crippen molar-refractivity contribution in [1.29, 1.82) is 0 Å². The van der Waals surface area contributed by atoms with Crippen molar-refractivity contribution in [1.82, 2.24) is 5.32 Å². The van der Waals surface area contributed by atoms with Crippen molar-refractivity contribution in [3.05, 3.63) is 0 Å². The third-order valence-corrected chi connectivity index (χ3v) is 3.53. The number of rotatable bonds is 3. The summed E-state index contributed by atoms with van der Waals surface area (Å²) in [6.07, 6.45) is 4.69. The minimum Gasteiger partial charge on any atom is -0.444 e. The van der Waals surface area contributed by atoms with Gasteiger partial charge in [-0.15, -0.1) is 0 Å². The van der Waals surface area contributed by atoms with Gasteiger partial charge in [0, 0.05) is 11.4 Å². The second kappa shape index (κ2) is 5.89. The lowest BCUT2D eigenvalue weighted by atomic mass is 10.0. The van der Waals surface area contributed by atoms with Crippen LogP contribution >= 0.6 is 15.9 Å². The van der Waals surface area contributed by atoms with E-state index in [0.717, 1.165) is 5.33 Å². The molecule has 1 aliphatic carbocycles. The molecular formula is C12H22BrNO2. The van der Waals surface area contributed by atoms with Crippen molar-refractivity contribution in [3.8, 4) is 0 Å². The number of nitrogens with one attached hydrogen (secondary N) is 1. The molecule has 0 heterocycles. The summed E-state index contributed by atoms with van der Waals surface area (Å²) in [5.41, 5.74) is -0.420. The lowest BCUT2D eigenvalue weighted by Gasteiger charge is -2.25. The van der Waals surface area contributed by atoms with Crippen LogP contribution in [0.15, 0.2) is 0 Å². The maximum atomic E-state index is 11.6. The molecule has 1 fully saturated rings. The minimum absolute atomic E-state index is 0.206. The summed E-state index contributed by atoms with van der Waals surface area (Å²) in [4.78, 5) is 11.6. The number of halogens is 1. The van der Waals surface area contributed by atoms with E-state index in [-0.39, 0.29) is 12.1 Å². The van der Waals surface area contributed by atoms with E-state index in [1.807, 2.05) is 20.8 Å². The highest BCUT2D eigenvalue weighted by Crippen LogP contribution is 2.28. The van der Waals surface area contributed by atoms with Crippen LogP contribution in [0.4, 0.5) is 4.79 Å². The fourth-order valence-electron chi connectivity index (χ4n) is 2.10. The highest BCUT2D eigenvalue weighted by molar-refractivity contribution is 9.09. The second-order valence-corrected chi connectivity index (χ2v) is 6.10. The summed E-state index contributed by atoms with van der Waals surface area (Å²) in [5.74, 6) is 0.604. The number of hydrogen-bond acceptors (Lipinski definition) is 2. The number of carbonyl (C=O) groups excluding carboxylic acids is 1. The summed E-state index contributed by atoms with van der Waals surface area (Å²) < 4.78 is 5.26. The van der Waals surface area contributed by atoms with Crippen LogP contribution in [0, 0.1) is 5.92 Å². The third-order valence-electron chi connectivity index (χ3n) is 2.84. The SMILES string of the molecule is CC(C)(C)OC(=O)NC(CBr)C1CCCC1. The molecule has 94 valence electrons. The molecular weight excluding hydrogens is 270 g/mol. The fourth-order valence-corrected chi connectivity index (χ4v) is 2.79. The lowest BCUT2D eigenvalue weighted by Crippen LogP contribution is -2.43.